The van der Waals surface area contributed by atoms with Crippen LogP contribution in [0.25, 0.3) is 0 Å². The SMILES string of the molecule is CCC(=O)NCCN1c2cc(C(=O)N[C@@H]3CCCN(C(=O)OC(Cl)C(C)C)C3)c(C)cc2OC2(CCC2)C1O. The number of ether oxygens (including phenoxy) is 2. The van der Waals surface area contributed by atoms with Gasteiger partial charge in [-0.15, -0.1) is 0 Å². The number of rotatable bonds is 8. The van der Waals surface area contributed by atoms with Gasteiger partial charge in [-0.1, -0.05) is 32.4 Å². The zero-order valence-electron chi connectivity index (χ0n) is 23.3. The van der Waals surface area contributed by atoms with Crippen LogP contribution in [-0.2, 0) is 9.53 Å². The molecule has 3 N–H and O–H groups in total. The molecule has 2 heterocycles. The number of carbonyl (C=O) groups is 3. The van der Waals surface area contributed by atoms with E-state index in [-0.39, 0.29) is 23.8 Å². The Morgan fingerprint density at radius 1 is 1.26 bits per heavy atom. The molecule has 0 aromatic heterocycles. The first-order valence-electron chi connectivity index (χ1n) is 14.0. The summed E-state index contributed by atoms with van der Waals surface area (Å²) in [4.78, 5) is 41.2. The Morgan fingerprint density at radius 2 is 2.00 bits per heavy atom. The second kappa shape index (κ2) is 12.2. The number of hydrogen-bond acceptors (Lipinski definition) is 7. The molecule has 0 radical (unpaired) electrons. The molecule has 1 saturated carbocycles. The van der Waals surface area contributed by atoms with Crippen LogP contribution in [0.5, 0.6) is 5.75 Å². The fourth-order valence-electron chi connectivity index (χ4n) is 5.31. The maximum Gasteiger partial charge on any atom is 0.411 e. The summed E-state index contributed by atoms with van der Waals surface area (Å²) in [5.41, 5.74) is 0.468. The third-order valence-electron chi connectivity index (χ3n) is 7.89. The topological polar surface area (TPSA) is 120 Å². The van der Waals surface area contributed by atoms with E-state index in [4.69, 9.17) is 21.1 Å². The van der Waals surface area contributed by atoms with Crippen molar-refractivity contribution >= 4 is 35.2 Å². The third kappa shape index (κ3) is 6.38. The normalized spacial score (nSPS) is 22.4. The van der Waals surface area contributed by atoms with E-state index in [1.165, 1.54) is 0 Å². The molecule has 39 heavy (non-hydrogen) atoms. The van der Waals surface area contributed by atoms with Gasteiger partial charge >= 0.3 is 6.09 Å². The molecule has 10 nitrogen and oxygen atoms in total. The molecule has 2 aliphatic heterocycles. The minimum Gasteiger partial charge on any atom is -0.480 e. The van der Waals surface area contributed by atoms with E-state index in [0.717, 1.165) is 37.7 Å². The zero-order valence-corrected chi connectivity index (χ0v) is 24.1. The van der Waals surface area contributed by atoms with Crippen LogP contribution in [0.1, 0.15) is 75.2 Å². The van der Waals surface area contributed by atoms with Gasteiger partial charge in [0.2, 0.25) is 5.91 Å². The van der Waals surface area contributed by atoms with Gasteiger partial charge in [0.05, 0.1) is 5.69 Å². The van der Waals surface area contributed by atoms with Gasteiger partial charge in [0, 0.05) is 50.1 Å². The second-order valence-electron chi connectivity index (χ2n) is 11.2. The summed E-state index contributed by atoms with van der Waals surface area (Å²) in [6.45, 7) is 9.04. The number of likely N-dealkylation sites (tertiary alicyclic amines) is 1. The number of nitrogens with one attached hydrogen (secondary N) is 2. The molecule has 0 bridgehead atoms. The van der Waals surface area contributed by atoms with Crippen LogP contribution in [-0.4, -0.2) is 77.5 Å². The first kappa shape index (κ1) is 29.3. The van der Waals surface area contributed by atoms with E-state index in [0.29, 0.717) is 49.6 Å². The van der Waals surface area contributed by atoms with Crippen LogP contribution in [0.2, 0.25) is 0 Å². The lowest BCUT2D eigenvalue weighted by Crippen LogP contribution is -2.63. The van der Waals surface area contributed by atoms with Gasteiger partial charge < -0.3 is 35.0 Å². The molecule has 3 aliphatic rings. The van der Waals surface area contributed by atoms with Crippen molar-refractivity contribution in [2.45, 2.75) is 89.7 Å². The Kier molecular flexibility index (Phi) is 9.16. The Hall–Kier alpha value is -2.72. The number of piperidine rings is 1. The average Bonchev–Trinajstić information content (AvgIpc) is 2.88. The number of alkyl halides is 1. The van der Waals surface area contributed by atoms with Crippen LogP contribution in [0.15, 0.2) is 12.1 Å². The van der Waals surface area contributed by atoms with Gasteiger partial charge in [-0.2, -0.15) is 0 Å². The van der Waals surface area contributed by atoms with Crippen molar-refractivity contribution in [1.82, 2.24) is 15.5 Å². The Bertz CT molecular complexity index is 1080. The fraction of sp³-hybridized carbons (Fsp3) is 0.679. The molecule has 1 saturated heterocycles. The molecule has 1 aliphatic carbocycles. The number of anilines is 1. The van der Waals surface area contributed by atoms with E-state index in [1.54, 1.807) is 17.9 Å². The summed E-state index contributed by atoms with van der Waals surface area (Å²) in [7, 11) is 0. The Balaban J connectivity index is 1.49. The summed E-state index contributed by atoms with van der Waals surface area (Å²) in [6.07, 6.45) is 2.96. The highest BCUT2D eigenvalue weighted by molar-refractivity contribution is 6.20. The predicted molar refractivity (Wildman–Crippen MR) is 148 cm³/mol. The van der Waals surface area contributed by atoms with Crippen LogP contribution >= 0.6 is 11.6 Å². The third-order valence-corrected chi connectivity index (χ3v) is 8.48. The largest absolute Gasteiger partial charge is 0.480 e. The Morgan fingerprint density at radius 3 is 2.64 bits per heavy atom. The fourth-order valence-corrected chi connectivity index (χ4v) is 5.38. The molecule has 3 atom stereocenters. The molecule has 216 valence electrons. The van der Waals surface area contributed by atoms with E-state index in [2.05, 4.69) is 10.6 Å². The highest BCUT2D eigenvalue weighted by atomic mass is 35.5. The quantitative estimate of drug-likeness (QED) is 0.413. The second-order valence-corrected chi connectivity index (χ2v) is 11.6. The first-order valence-corrected chi connectivity index (χ1v) is 14.4. The smallest absolute Gasteiger partial charge is 0.411 e. The standard InChI is InChI=1S/C28H41ClN4O6/c1-5-23(34)30-11-13-33-21-15-20(18(4)14-22(21)39-28(26(33)36)9-7-10-28)25(35)31-19-8-6-12-32(16-19)27(37)38-24(29)17(2)3/h14-15,17,19,24,26,36H,5-13,16H2,1-4H3,(H,30,34)(H,31,35)/t19-,24?,26?/m1/s1. The highest BCUT2D eigenvalue weighted by Gasteiger charge is 2.52. The number of nitrogens with zero attached hydrogens (tertiary/aromatic N) is 2. The molecule has 4 rings (SSSR count). The molecular formula is C28H41ClN4O6. The zero-order chi connectivity index (χ0) is 28.3. The molecule has 1 aromatic rings. The van der Waals surface area contributed by atoms with Crippen LogP contribution in [0.3, 0.4) is 0 Å². The summed E-state index contributed by atoms with van der Waals surface area (Å²) in [5.74, 6) is 0.303. The number of amides is 3. The van der Waals surface area contributed by atoms with Crippen molar-refractivity contribution in [2.75, 3.05) is 31.1 Å². The van der Waals surface area contributed by atoms with E-state index in [1.807, 2.05) is 31.7 Å². The first-order chi connectivity index (χ1) is 18.5. The van der Waals surface area contributed by atoms with Gasteiger partial charge in [-0.05, 0) is 56.7 Å². The number of benzene rings is 1. The molecule has 2 fully saturated rings. The van der Waals surface area contributed by atoms with Gasteiger partial charge in [-0.3, -0.25) is 9.59 Å². The van der Waals surface area contributed by atoms with Crippen molar-refractivity contribution in [3.8, 4) is 5.75 Å². The number of hydrogen-bond donors (Lipinski definition) is 3. The molecule has 1 spiro atoms. The van der Waals surface area contributed by atoms with E-state index >= 15 is 0 Å². The predicted octanol–water partition coefficient (Wildman–Crippen LogP) is 3.51. The minimum atomic E-state index is -0.884. The van der Waals surface area contributed by atoms with Crippen molar-refractivity contribution in [3.05, 3.63) is 23.3 Å². The van der Waals surface area contributed by atoms with Crippen molar-refractivity contribution in [3.63, 3.8) is 0 Å². The van der Waals surface area contributed by atoms with Crippen LogP contribution < -0.4 is 20.3 Å². The van der Waals surface area contributed by atoms with E-state index in [9.17, 15) is 19.5 Å². The summed E-state index contributed by atoms with van der Waals surface area (Å²) in [6, 6.07) is 3.37. The lowest BCUT2D eigenvalue weighted by Gasteiger charge is -2.53. The maximum absolute atomic E-state index is 13.4. The number of halogens is 1. The molecule has 2 unspecified atom stereocenters. The summed E-state index contributed by atoms with van der Waals surface area (Å²) in [5, 5.41) is 17.2. The number of aliphatic hydroxyl groups excluding tert-OH is 1. The van der Waals surface area contributed by atoms with E-state index < -0.39 is 23.5 Å². The maximum atomic E-state index is 13.4. The van der Waals surface area contributed by atoms with Crippen molar-refractivity contribution in [1.29, 1.82) is 0 Å². The number of carbonyl (C=O) groups excluding carboxylic acids is 3. The van der Waals surface area contributed by atoms with Crippen LogP contribution in [0, 0.1) is 12.8 Å². The highest BCUT2D eigenvalue weighted by Crippen LogP contribution is 2.49. The Labute approximate surface area is 235 Å². The van der Waals surface area contributed by atoms with Gasteiger partial charge in [0.1, 0.15) is 5.75 Å². The number of aliphatic hydroxyl groups is 1. The lowest BCUT2D eigenvalue weighted by molar-refractivity contribution is -0.121. The van der Waals surface area contributed by atoms with Crippen molar-refractivity contribution in [2.24, 2.45) is 5.92 Å². The lowest BCUT2D eigenvalue weighted by atomic mass is 9.76. The average molecular weight is 565 g/mol. The number of fused-ring (bicyclic) bond motifs is 1. The van der Waals surface area contributed by atoms with Gasteiger partial charge in [-0.25, -0.2) is 4.79 Å². The monoisotopic (exact) mass is 564 g/mol. The van der Waals surface area contributed by atoms with Crippen molar-refractivity contribution < 1.29 is 29.0 Å². The molecular weight excluding hydrogens is 524 g/mol. The molecule has 3 amide bonds. The number of aryl methyl sites for hydroxylation is 1. The minimum absolute atomic E-state index is 0.00737. The van der Waals surface area contributed by atoms with Gasteiger partial charge in [0.15, 0.2) is 17.4 Å². The summed E-state index contributed by atoms with van der Waals surface area (Å²) < 4.78 is 11.7. The van der Waals surface area contributed by atoms with Crippen LogP contribution in [0.4, 0.5) is 10.5 Å². The molecule has 11 heteroatoms. The van der Waals surface area contributed by atoms with Gasteiger partial charge in [0.25, 0.3) is 5.91 Å². The molecule has 1 aromatic carbocycles. The summed E-state index contributed by atoms with van der Waals surface area (Å²) >= 11 is 6.12.